The van der Waals surface area contributed by atoms with Crippen LogP contribution in [0.3, 0.4) is 0 Å². The second-order valence-corrected chi connectivity index (χ2v) is 5.90. The smallest absolute Gasteiger partial charge is 0.339 e. The van der Waals surface area contributed by atoms with Crippen LogP contribution in [0, 0.1) is 13.8 Å². The van der Waals surface area contributed by atoms with Gasteiger partial charge >= 0.3 is 11.6 Å². The van der Waals surface area contributed by atoms with Gasteiger partial charge in [0, 0.05) is 17.0 Å². The topological polar surface area (TPSA) is 76.7 Å². The molecule has 25 heavy (non-hydrogen) atoms. The molecule has 5 nitrogen and oxygen atoms in total. The minimum atomic E-state index is -1.36. The molecular formula is C20H18O5. The average Bonchev–Trinajstić information content (AvgIpc) is 2.63. The maximum Gasteiger partial charge on any atom is 0.339 e. The number of fused-ring (bicyclic) bond motifs is 1. The summed E-state index contributed by atoms with van der Waals surface area (Å²) in [5.41, 5.74) is 2.86. The monoisotopic (exact) mass is 338 g/mol. The first kappa shape index (κ1) is 16.9. The molecule has 3 rings (SSSR count). The molecule has 1 N–H and O–H groups in total. The predicted molar refractivity (Wildman–Crippen MR) is 93.2 cm³/mol. The molecule has 0 amide bonds. The SMILES string of the molecule is Cc1ccc2c(COC(=O)[C@@H](O)c3ccccc3)cc(=O)oc2c1C. The van der Waals surface area contributed by atoms with Crippen LogP contribution in [0.25, 0.3) is 11.0 Å². The van der Waals surface area contributed by atoms with E-state index in [-0.39, 0.29) is 6.61 Å². The van der Waals surface area contributed by atoms with E-state index in [0.29, 0.717) is 22.1 Å². The van der Waals surface area contributed by atoms with Gasteiger partial charge in [-0.3, -0.25) is 0 Å². The molecule has 3 aromatic rings. The van der Waals surface area contributed by atoms with Crippen molar-refractivity contribution in [3.05, 3.63) is 81.2 Å². The van der Waals surface area contributed by atoms with Crippen LogP contribution in [-0.4, -0.2) is 11.1 Å². The Balaban J connectivity index is 1.85. The summed E-state index contributed by atoms with van der Waals surface area (Å²) in [6.45, 7) is 3.68. The van der Waals surface area contributed by atoms with Crippen molar-refractivity contribution in [2.45, 2.75) is 26.6 Å². The number of aliphatic hydroxyl groups is 1. The van der Waals surface area contributed by atoms with Gasteiger partial charge in [0.15, 0.2) is 6.10 Å². The van der Waals surface area contributed by atoms with Crippen molar-refractivity contribution in [1.82, 2.24) is 0 Å². The highest BCUT2D eigenvalue weighted by Crippen LogP contribution is 2.24. The fourth-order valence-electron chi connectivity index (χ4n) is 2.64. The van der Waals surface area contributed by atoms with Gasteiger partial charge in [0.25, 0.3) is 0 Å². The largest absolute Gasteiger partial charge is 0.459 e. The molecule has 0 spiro atoms. The van der Waals surface area contributed by atoms with Crippen molar-refractivity contribution in [2.75, 3.05) is 0 Å². The van der Waals surface area contributed by atoms with Gasteiger partial charge in [0.05, 0.1) is 0 Å². The van der Waals surface area contributed by atoms with E-state index in [9.17, 15) is 14.7 Å². The molecule has 0 radical (unpaired) electrons. The maximum absolute atomic E-state index is 12.1. The zero-order chi connectivity index (χ0) is 18.0. The van der Waals surface area contributed by atoms with Gasteiger partial charge in [-0.15, -0.1) is 0 Å². The summed E-state index contributed by atoms with van der Waals surface area (Å²) in [7, 11) is 0. The van der Waals surface area contributed by atoms with Crippen LogP contribution in [0.1, 0.15) is 28.4 Å². The first-order valence-corrected chi connectivity index (χ1v) is 7.90. The number of carbonyl (C=O) groups excluding carboxylic acids is 1. The van der Waals surface area contributed by atoms with E-state index in [0.717, 1.165) is 11.1 Å². The first-order valence-electron chi connectivity index (χ1n) is 7.90. The zero-order valence-electron chi connectivity index (χ0n) is 14.0. The fraction of sp³-hybridized carbons (Fsp3) is 0.200. The molecule has 5 heteroatoms. The van der Waals surface area contributed by atoms with Gasteiger partial charge in [0.1, 0.15) is 12.2 Å². The number of rotatable bonds is 4. The molecule has 0 unspecified atom stereocenters. The standard InChI is InChI=1S/C20H18O5/c1-12-8-9-16-15(10-17(21)25-19(16)13(12)2)11-24-20(23)18(22)14-6-4-3-5-7-14/h3-10,18,22H,11H2,1-2H3/t18-/m0/s1. The van der Waals surface area contributed by atoms with Crippen molar-refractivity contribution in [2.24, 2.45) is 0 Å². The number of aliphatic hydroxyl groups excluding tert-OH is 1. The second-order valence-electron chi connectivity index (χ2n) is 5.90. The summed E-state index contributed by atoms with van der Waals surface area (Å²) < 4.78 is 10.5. The normalized spacial score (nSPS) is 12.1. The molecule has 0 saturated heterocycles. The minimum absolute atomic E-state index is 0.118. The van der Waals surface area contributed by atoms with E-state index in [1.165, 1.54) is 6.07 Å². The van der Waals surface area contributed by atoms with E-state index < -0.39 is 17.7 Å². The number of carbonyl (C=O) groups is 1. The quantitative estimate of drug-likeness (QED) is 0.584. The summed E-state index contributed by atoms with van der Waals surface area (Å²) in [5, 5.41) is 10.8. The molecule has 2 aromatic carbocycles. The van der Waals surface area contributed by atoms with Gasteiger partial charge in [-0.05, 0) is 30.5 Å². The molecular weight excluding hydrogens is 320 g/mol. The van der Waals surface area contributed by atoms with Gasteiger partial charge in [0.2, 0.25) is 0 Å². The van der Waals surface area contributed by atoms with E-state index in [1.807, 2.05) is 26.0 Å². The lowest BCUT2D eigenvalue weighted by atomic mass is 10.0. The van der Waals surface area contributed by atoms with E-state index >= 15 is 0 Å². The first-order chi connectivity index (χ1) is 12.0. The summed E-state index contributed by atoms with van der Waals surface area (Å²) in [5.74, 6) is -0.767. The third-order valence-corrected chi connectivity index (χ3v) is 4.23. The molecule has 1 heterocycles. The van der Waals surface area contributed by atoms with Crippen molar-refractivity contribution in [3.8, 4) is 0 Å². The van der Waals surface area contributed by atoms with Crippen molar-refractivity contribution < 1.29 is 19.1 Å². The predicted octanol–water partition coefficient (Wildman–Crippen LogP) is 3.19. The summed E-state index contributed by atoms with van der Waals surface area (Å²) >= 11 is 0. The summed E-state index contributed by atoms with van der Waals surface area (Å²) in [6.07, 6.45) is -1.36. The molecule has 0 bridgehead atoms. The highest BCUT2D eigenvalue weighted by Gasteiger charge is 2.19. The number of hydrogen-bond acceptors (Lipinski definition) is 5. The number of hydrogen-bond donors (Lipinski definition) is 1. The lowest BCUT2D eigenvalue weighted by Gasteiger charge is -2.12. The Morgan fingerprint density at radius 2 is 1.88 bits per heavy atom. The number of ether oxygens (including phenoxy) is 1. The van der Waals surface area contributed by atoms with E-state index in [4.69, 9.17) is 9.15 Å². The molecule has 1 atom stereocenters. The van der Waals surface area contributed by atoms with Gasteiger partial charge in [-0.2, -0.15) is 0 Å². The Bertz CT molecular complexity index is 973. The molecule has 0 aliphatic heterocycles. The van der Waals surface area contributed by atoms with Gasteiger partial charge < -0.3 is 14.3 Å². The third kappa shape index (κ3) is 3.46. The van der Waals surface area contributed by atoms with Crippen molar-refractivity contribution >= 4 is 16.9 Å². The van der Waals surface area contributed by atoms with E-state index in [1.54, 1.807) is 30.3 Å². The Morgan fingerprint density at radius 1 is 1.16 bits per heavy atom. The van der Waals surface area contributed by atoms with Crippen LogP contribution in [0.2, 0.25) is 0 Å². The van der Waals surface area contributed by atoms with E-state index in [2.05, 4.69) is 0 Å². The summed E-state index contributed by atoms with van der Waals surface area (Å²) in [4.78, 5) is 23.9. The maximum atomic E-state index is 12.1. The molecule has 0 fully saturated rings. The fourth-order valence-corrected chi connectivity index (χ4v) is 2.64. The Morgan fingerprint density at radius 3 is 2.60 bits per heavy atom. The molecule has 1 aromatic heterocycles. The lowest BCUT2D eigenvalue weighted by Crippen LogP contribution is -2.16. The van der Waals surface area contributed by atoms with Crippen LogP contribution >= 0.6 is 0 Å². The minimum Gasteiger partial charge on any atom is -0.459 e. The van der Waals surface area contributed by atoms with Gasteiger partial charge in [-0.25, -0.2) is 9.59 Å². The Hall–Kier alpha value is -2.92. The zero-order valence-corrected chi connectivity index (χ0v) is 14.0. The molecule has 0 saturated carbocycles. The highest BCUT2D eigenvalue weighted by atomic mass is 16.5. The second kappa shape index (κ2) is 6.91. The van der Waals surface area contributed by atoms with Crippen LogP contribution in [0.15, 0.2) is 57.7 Å². The number of aryl methyl sites for hydroxylation is 2. The molecule has 128 valence electrons. The Labute approximate surface area is 144 Å². The summed E-state index contributed by atoms with van der Waals surface area (Å²) in [6, 6.07) is 13.6. The van der Waals surface area contributed by atoms with Crippen LogP contribution < -0.4 is 5.63 Å². The molecule has 0 aliphatic rings. The lowest BCUT2D eigenvalue weighted by molar-refractivity contribution is -0.155. The van der Waals surface area contributed by atoms with Gasteiger partial charge in [-0.1, -0.05) is 42.5 Å². The third-order valence-electron chi connectivity index (χ3n) is 4.23. The Kier molecular flexibility index (Phi) is 4.67. The average molecular weight is 338 g/mol. The highest BCUT2D eigenvalue weighted by molar-refractivity contribution is 5.84. The molecule has 0 aliphatic carbocycles. The van der Waals surface area contributed by atoms with Crippen LogP contribution in [0.5, 0.6) is 0 Å². The van der Waals surface area contributed by atoms with Crippen LogP contribution in [-0.2, 0) is 16.1 Å². The van der Waals surface area contributed by atoms with Crippen molar-refractivity contribution in [1.29, 1.82) is 0 Å². The number of benzene rings is 2. The van der Waals surface area contributed by atoms with Crippen LogP contribution in [0.4, 0.5) is 0 Å². The van der Waals surface area contributed by atoms with Crippen molar-refractivity contribution in [3.63, 3.8) is 0 Å². The number of esters is 1.